The van der Waals surface area contributed by atoms with Crippen LogP contribution in [0.25, 0.3) is 0 Å². The summed E-state index contributed by atoms with van der Waals surface area (Å²) < 4.78 is 14.8. The smallest absolute Gasteiger partial charge is 0.254 e. The molecular formula is C22H27FN4O2S. The van der Waals surface area contributed by atoms with Gasteiger partial charge < -0.3 is 9.80 Å². The van der Waals surface area contributed by atoms with Gasteiger partial charge in [-0.1, -0.05) is 32.5 Å². The van der Waals surface area contributed by atoms with Gasteiger partial charge in [-0.2, -0.15) is 0 Å². The predicted molar refractivity (Wildman–Crippen MR) is 117 cm³/mol. The van der Waals surface area contributed by atoms with Crippen LogP contribution in [0.4, 0.5) is 10.1 Å². The average molecular weight is 431 g/mol. The molecular weight excluding hydrogens is 403 g/mol. The van der Waals surface area contributed by atoms with E-state index in [1.54, 1.807) is 22.8 Å². The topological polar surface area (TPSA) is 58.4 Å². The van der Waals surface area contributed by atoms with Gasteiger partial charge in [0.25, 0.3) is 5.56 Å². The average Bonchev–Trinajstić information content (AvgIpc) is 2.73. The van der Waals surface area contributed by atoms with Crippen molar-refractivity contribution >= 4 is 23.4 Å². The first-order valence-corrected chi connectivity index (χ1v) is 11.3. The lowest BCUT2D eigenvalue weighted by atomic mass is 9.92. The Morgan fingerprint density at radius 1 is 1.13 bits per heavy atom. The number of piperazine rings is 1. The molecule has 160 valence electrons. The Kier molecular flexibility index (Phi) is 5.61. The van der Waals surface area contributed by atoms with E-state index >= 15 is 0 Å². The number of aromatic nitrogens is 2. The van der Waals surface area contributed by atoms with Crippen molar-refractivity contribution in [2.45, 2.75) is 37.9 Å². The fraction of sp³-hybridized carbons (Fsp3) is 0.500. The van der Waals surface area contributed by atoms with Crippen LogP contribution in [-0.4, -0.2) is 52.3 Å². The lowest BCUT2D eigenvalue weighted by Crippen LogP contribution is -2.52. The van der Waals surface area contributed by atoms with Crippen molar-refractivity contribution < 1.29 is 9.18 Å². The van der Waals surface area contributed by atoms with Crippen LogP contribution in [0.15, 0.2) is 40.3 Å². The summed E-state index contributed by atoms with van der Waals surface area (Å²) in [7, 11) is 0. The van der Waals surface area contributed by atoms with E-state index in [9.17, 15) is 14.0 Å². The molecule has 3 heterocycles. The second-order valence-corrected chi connectivity index (χ2v) is 9.91. The fourth-order valence-electron chi connectivity index (χ4n) is 3.84. The fourth-order valence-corrected chi connectivity index (χ4v) is 4.92. The number of fused-ring (bicyclic) bond motifs is 1. The van der Waals surface area contributed by atoms with E-state index < -0.39 is 0 Å². The molecule has 1 atom stereocenters. The molecule has 0 N–H and O–H groups in total. The van der Waals surface area contributed by atoms with Crippen molar-refractivity contribution in [3.05, 3.63) is 52.2 Å². The monoisotopic (exact) mass is 430 g/mol. The van der Waals surface area contributed by atoms with Gasteiger partial charge in [0, 0.05) is 55.6 Å². The molecule has 0 spiro atoms. The van der Waals surface area contributed by atoms with E-state index in [0.29, 0.717) is 43.6 Å². The van der Waals surface area contributed by atoms with Crippen LogP contribution in [0, 0.1) is 11.7 Å². The van der Waals surface area contributed by atoms with Crippen LogP contribution >= 0.6 is 11.8 Å². The Hall–Kier alpha value is -2.35. The van der Waals surface area contributed by atoms with Crippen molar-refractivity contribution in [2.24, 2.45) is 5.92 Å². The second kappa shape index (κ2) is 8.06. The SMILES string of the molecule is CC(C)(C)c1cc(=O)n2c(n1)SC[C@H](C(=O)N1CCN(c3ccc(F)cc3)CC1)C2. The normalized spacial score (nSPS) is 19.5. The molecule has 2 aliphatic heterocycles. The Bertz CT molecular complexity index is 992. The lowest BCUT2D eigenvalue weighted by molar-refractivity contribution is -0.135. The van der Waals surface area contributed by atoms with E-state index in [2.05, 4.69) is 9.88 Å². The third kappa shape index (κ3) is 4.24. The van der Waals surface area contributed by atoms with Gasteiger partial charge in [-0.3, -0.25) is 14.2 Å². The van der Waals surface area contributed by atoms with Crippen molar-refractivity contribution in [1.82, 2.24) is 14.5 Å². The first kappa shape index (κ1) is 20.9. The van der Waals surface area contributed by atoms with E-state index in [1.807, 2.05) is 25.7 Å². The van der Waals surface area contributed by atoms with Crippen molar-refractivity contribution in [3.8, 4) is 0 Å². The highest BCUT2D eigenvalue weighted by molar-refractivity contribution is 7.99. The zero-order chi connectivity index (χ0) is 21.5. The zero-order valence-corrected chi connectivity index (χ0v) is 18.4. The molecule has 1 amide bonds. The molecule has 2 aliphatic rings. The molecule has 0 radical (unpaired) electrons. The summed E-state index contributed by atoms with van der Waals surface area (Å²) in [5, 5.41) is 0.706. The lowest BCUT2D eigenvalue weighted by Gasteiger charge is -2.38. The Balaban J connectivity index is 1.41. The number of nitrogens with zero attached hydrogens (tertiary/aromatic N) is 4. The number of rotatable bonds is 2. The number of halogens is 1. The van der Waals surface area contributed by atoms with Crippen molar-refractivity contribution in [1.29, 1.82) is 0 Å². The molecule has 0 bridgehead atoms. The molecule has 8 heteroatoms. The number of thioether (sulfide) groups is 1. The summed E-state index contributed by atoms with van der Waals surface area (Å²) >= 11 is 1.49. The van der Waals surface area contributed by atoms with Crippen molar-refractivity contribution in [3.63, 3.8) is 0 Å². The maximum Gasteiger partial charge on any atom is 0.254 e. The minimum atomic E-state index is -0.248. The van der Waals surface area contributed by atoms with Gasteiger partial charge in [-0.05, 0) is 24.3 Å². The number of carbonyl (C=O) groups excluding carboxylic acids is 1. The van der Waals surface area contributed by atoms with Crippen LogP contribution in [0.2, 0.25) is 0 Å². The van der Waals surface area contributed by atoms with E-state index in [4.69, 9.17) is 0 Å². The first-order chi connectivity index (χ1) is 14.2. The Morgan fingerprint density at radius 3 is 2.43 bits per heavy atom. The molecule has 1 saturated heterocycles. The first-order valence-electron chi connectivity index (χ1n) is 10.3. The molecule has 1 aromatic carbocycles. The maximum absolute atomic E-state index is 13.1. The molecule has 1 aromatic heterocycles. The van der Waals surface area contributed by atoms with Crippen LogP contribution in [0.5, 0.6) is 0 Å². The molecule has 6 nitrogen and oxygen atoms in total. The summed E-state index contributed by atoms with van der Waals surface area (Å²) in [6, 6.07) is 8.05. The van der Waals surface area contributed by atoms with Gasteiger partial charge in [0.1, 0.15) is 5.82 Å². The summed E-state index contributed by atoms with van der Waals surface area (Å²) in [6.45, 7) is 9.18. The van der Waals surface area contributed by atoms with Gasteiger partial charge in [0.05, 0.1) is 11.6 Å². The summed E-state index contributed by atoms with van der Waals surface area (Å²) in [5.74, 6) is 0.261. The quantitative estimate of drug-likeness (QED) is 0.686. The number of hydrogen-bond donors (Lipinski definition) is 0. The summed E-state index contributed by atoms with van der Waals surface area (Å²) in [6.07, 6.45) is 0. The molecule has 2 aromatic rings. The highest BCUT2D eigenvalue weighted by atomic mass is 32.2. The zero-order valence-electron chi connectivity index (χ0n) is 17.6. The van der Waals surface area contributed by atoms with Crippen LogP contribution in [0.1, 0.15) is 26.5 Å². The Morgan fingerprint density at radius 2 is 1.80 bits per heavy atom. The third-order valence-electron chi connectivity index (χ3n) is 5.69. The maximum atomic E-state index is 13.1. The molecule has 0 unspecified atom stereocenters. The van der Waals surface area contributed by atoms with Gasteiger partial charge in [0.2, 0.25) is 5.91 Å². The number of hydrogen-bond acceptors (Lipinski definition) is 5. The third-order valence-corrected chi connectivity index (χ3v) is 6.83. The number of amides is 1. The molecule has 30 heavy (non-hydrogen) atoms. The molecule has 1 fully saturated rings. The van der Waals surface area contributed by atoms with Crippen LogP contribution in [0.3, 0.4) is 0 Å². The van der Waals surface area contributed by atoms with Gasteiger partial charge in [-0.25, -0.2) is 9.37 Å². The van der Waals surface area contributed by atoms with Gasteiger partial charge in [0.15, 0.2) is 5.16 Å². The minimum Gasteiger partial charge on any atom is -0.368 e. The number of benzene rings is 1. The number of anilines is 1. The Labute approximate surface area is 180 Å². The second-order valence-electron chi connectivity index (χ2n) is 8.92. The molecule has 0 saturated carbocycles. The van der Waals surface area contributed by atoms with Crippen molar-refractivity contribution in [2.75, 3.05) is 36.8 Å². The summed E-state index contributed by atoms with van der Waals surface area (Å²) in [5.41, 5.74) is 1.48. The highest BCUT2D eigenvalue weighted by Crippen LogP contribution is 2.29. The van der Waals surface area contributed by atoms with E-state index in [-0.39, 0.29) is 28.6 Å². The summed E-state index contributed by atoms with van der Waals surface area (Å²) in [4.78, 5) is 34.5. The van der Waals surface area contributed by atoms with E-state index in [0.717, 1.165) is 11.4 Å². The van der Waals surface area contributed by atoms with Gasteiger partial charge >= 0.3 is 0 Å². The molecule has 4 rings (SSSR count). The minimum absolute atomic E-state index is 0.0870. The van der Waals surface area contributed by atoms with Gasteiger partial charge in [-0.15, -0.1) is 0 Å². The molecule has 0 aliphatic carbocycles. The standard InChI is InChI=1S/C22H27FN4O2S/c1-22(2,3)18-12-19(28)27-13-15(14-30-21(27)24-18)20(29)26-10-8-25(9-11-26)17-6-4-16(23)5-7-17/h4-7,12,15H,8-11,13-14H2,1-3H3/t15-/m1/s1. The predicted octanol–water partition coefficient (Wildman–Crippen LogP) is 2.75. The number of carbonyl (C=O) groups is 1. The van der Waals surface area contributed by atoms with E-state index in [1.165, 1.54) is 23.9 Å². The highest BCUT2D eigenvalue weighted by Gasteiger charge is 2.32. The van der Waals surface area contributed by atoms with Crippen LogP contribution in [-0.2, 0) is 16.8 Å². The van der Waals surface area contributed by atoms with Crippen LogP contribution < -0.4 is 10.5 Å². The largest absolute Gasteiger partial charge is 0.368 e.